The Morgan fingerprint density at radius 2 is 2.29 bits per heavy atom. The van der Waals surface area contributed by atoms with Crippen LogP contribution in [-0.4, -0.2) is 14.9 Å². The summed E-state index contributed by atoms with van der Waals surface area (Å²) in [6, 6.07) is 7.68. The number of nitrogens with zero attached hydrogens (tertiary/aromatic N) is 2. The van der Waals surface area contributed by atoms with E-state index >= 15 is 0 Å². The standard InChI is InChI=1S/C12H11BrN2OS/c1-12(7-13)15-9-5-3-2-4-8(9)11(16)14-10(15)6-17-12/h2-5H,6-7H2,1H3. The van der Waals surface area contributed by atoms with Crippen LogP contribution in [0.25, 0.3) is 10.9 Å². The molecule has 0 fully saturated rings. The van der Waals surface area contributed by atoms with Crippen molar-refractivity contribution in [3.05, 3.63) is 40.4 Å². The lowest BCUT2D eigenvalue weighted by atomic mass is 10.2. The second kappa shape index (κ2) is 3.85. The van der Waals surface area contributed by atoms with E-state index in [-0.39, 0.29) is 10.4 Å². The molecule has 0 bridgehead atoms. The largest absolute Gasteiger partial charge is 0.312 e. The van der Waals surface area contributed by atoms with Crippen LogP contribution in [0, 0.1) is 0 Å². The van der Waals surface area contributed by atoms with Crippen molar-refractivity contribution in [3.63, 3.8) is 0 Å². The Bertz CT molecular complexity index is 654. The molecular weight excluding hydrogens is 300 g/mol. The number of fused-ring (bicyclic) bond motifs is 3. The summed E-state index contributed by atoms with van der Waals surface area (Å²) in [4.78, 5) is 16.0. The molecule has 0 aliphatic carbocycles. The van der Waals surface area contributed by atoms with Gasteiger partial charge in [-0.1, -0.05) is 28.1 Å². The number of halogens is 1. The molecule has 1 aliphatic rings. The highest BCUT2D eigenvalue weighted by Gasteiger charge is 2.35. The quantitative estimate of drug-likeness (QED) is 0.760. The monoisotopic (exact) mass is 310 g/mol. The van der Waals surface area contributed by atoms with E-state index in [1.165, 1.54) is 0 Å². The van der Waals surface area contributed by atoms with E-state index in [0.717, 1.165) is 22.4 Å². The third-order valence-electron chi connectivity index (χ3n) is 3.10. The van der Waals surface area contributed by atoms with Crippen molar-refractivity contribution < 1.29 is 0 Å². The van der Waals surface area contributed by atoms with Crippen LogP contribution >= 0.6 is 27.7 Å². The number of rotatable bonds is 1. The van der Waals surface area contributed by atoms with Gasteiger partial charge in [0, 0.05) is 5.33 Å². The molecule has 0 saturated heterocycles. The maximum Gasteiger partial charge on any atom is 0.280 e. The lowest BCUT2D eigenvalue weighted by Gasteiger charge is -2.25. The second-order valence-corrected chi connectivity index (χ2v) is 6.30. The van der Waals surface area contributed by atoms with Gasteiger partial charge in [0.2, 0.25) is 0 Å². The first-order valence-electron chi connectivity index (χ1n) is 5.37. The van der Waals surface area contributed by atoms with Gasteiger partial charge in [-0.25, -0.2) is 0 Å². The van der Waals surface area contributed by atoms with Crippen LogP contribution in [-0.2, 0) is 10.6 Å². The van der Waals surface area contributed by atoms with Crippen LogP contribution in [0.15, 0.2) is 29.1 Å². The number of hydrogen-bond acceptors (Lipinski definition) is 3. The summed E-state index contributed by atoms with van der Waals surface area (Å²) >= 11 is 5.37. The summed E-state index contributed by atoms with van der Waals surface area (Å²) in [6.45, 7) is 2.17. The topological polar surface area (TPSA) is 34.9 Å². The van der Waals surface area contributed by atoms with Gasteiger partial charge in [-0.2, -0.15) is 4.98 Å². The van der Waals surface area contributed by atoms with Gasteiger partial charge in [0.25, 0.3) is 5.56 Å². The Morgan fingerprint density at radius 1 is 1.53 bits per heavy atom. The first-order valence-corrected chi connectivity index (χ1v) is 7.47. The third-order valence-corrected chi connectivity index (χ3v) is 5.91. The summed E-state index contributed by atoms with van der Waals surface area (Å²) in [7, 11) is 0. The van der Waals surface area contributed by atoms with E-state index in [4.69, 9.17) is 0 Å². The van der Waals surface area contributed by atoms with Crippen molar-refractivity contribution in [1.82, 2.24) is 9.55 Å². The molecule has 1 unspecified atom stereocenters. The fourth-order valence-electron chi connectivity index (χ4n) is 2.22. The highest BCUT2D eigenvalue weighted by Crippen LogP contribution is 2.42. The second-order valence-electron chi connectivity index (χ2n) is 4.28. The molecule has 1 atom stereocenters. The number of benzene rings is 1. The lowest BCUT2D eigenvalue weighted by Crippen LogP contribution is -2.28. The van der Waals surface area contributed by atoms with Crippen LogP contribution in [0.3, 0.4) is 0 Å². The number of aromatic nitrogens is 2. The van der Waals surface area contributed by atoms with Gasteiger partial charge >= 0.3 is 0 Å². The highest BCUT2D eigenvalue weighted by molar-refractivity contribution is 9.09. The summed E-state index contributed by atoms with van der Waals surface area (Å²) in [5.74, 6) is 1.67. The fraction of sp³-hybridized carbons (Fsp3) is 0.333. The molecule has 0 saturated carbocycles. The first kappa shape index (κ1) is 11.3. The number of hydrogen-bond donors (Lipinski definition) is 0. The molecule has 17 heavy (non-hydrogen) atoms. The molecule has 0 amide bonds. The number of alkyl halides is 1. The molecular formula is C12H11BrN2OS. The maximum atomic E-state index is 11.9. The SMILES string of the molecule is CC1(CBr)SCc2nc(=O)c3ccccc3n21. The number of para-hydroxylation sites is 1. The van der Waals surface area contributed by atoms with E-state index in [1.807, 2.05) is 36.0 Å². The average molecular weight is 311 g/mol. The molecule has 1 aliphatic heterocycles. The zero-order chi connectivity index (χ0) is 12.0. The van der Waals surface area contributed by atoms with Gasteiger partial charge < -0.3 is 4.57 Å². The maximum absolute atomic E-state index is 11.9. The minimum atomic E-state index is -0.119. The van der Waals surface area contributed by atoms with Gasteiger partial charge in [-0.05, 0) is 19.1 Å². The van der Waals surface area contributed by atoms with Gasteiger partial charge in [-0.3, -0.25) is 4.79 Å². The van der Waals surface area contributed by atoms with Crippen molar-refractivity contribution in [3.8, 4) is 0 Å². The van der Waals surface area contributed by atoms with Crippen LogP contribution in [0.2, 0.25) is 0 Å². The smallest absolute Gasteiger partial charge is 0.280 e. The summed E-state index contributed by atoms with van der Waals surface area (Å²) in [5, 5.41) is 1.54. The molecule has 0 N–H and O–H groups in total. The average Bonchev–Trinajstić information content (AvgIpc) is 2.68. The van der Waals surface area contributed by atoms with E-state index in [9.17, 15) is 4.79 Å². The minimum absolute atomic E-state index is 0.0599. The van der Waals surface area contributed by atoms with E-state index in [1.54, 1.807) is 0 Å². The van der Waals surface area contributed by atoms with Gasteiger partial charge in [0.1, 0.15) is 5.82 Å². The molecule has 2 aromatic rings. The Balaban J connectivity index is 2.46. The predicted octanol–water partition coefficient (Wildman–Crippen LogP) is 2.71. The van der Waals surface area contributed by atoms with Crippen molar-refractivity contribution in [2.24, 2.45) is 0 Å². The lowest BCUT2D eigenvalue weighted by molar-refractivity contribution is 0.561. The third kappa shape index (κ3) is 1.56. The molecule has 3 nitrogen and oxygen atoms in total. The van der Waals surface area contributed by atoms with Crippen molar-refractivity contribution in [2.45, 2.75) is 17.5 Å². The zero-order valence-corrected chi connectivity index (χ0v) is 11.7. The zero-order valence-electron chi connectivity index (χ0n) is 9.31. The molecule has 1 aromatic carbocycles. The van der Waals surface area contributed by atoms with Gasteiger partial charge in [0.05, 0.1) is 21.5 Å². The molecule has 88 valence electrons. The van der Waals surface area contributed by atoms with E-state index < -0.39 is 0 Å². The first-order chi connectivity index (χ1) is 8.15. The van der Waals surface area contributed by atoms with Crippen LogP contribution in [0.1, 0.15) is 12.7 Å². The molecule has 5 heteroatoms. The molecule has 0 radical (unpaired) electrons. The molecule has 3 rings (SSSR count). The Labute approximate surface area is 111 Å². The molecule has 0 spiro atoms. The number of thioether (sulfide) groups is 1. The van der Waals surface area contributed by atoms with Crippen LogP contribution in [0.5, 0.6) is 0 Å². The van der Waals surface area contributed by atoms with Crippen molar-refractivity contribution in [1.29, 1.82) is 0 Å². The van der Waals surface area contributed by atoms with Gasteiger partial charge in [-0.15, -0.1) is 11.8 Å². The summed E-state index contributed by atoms with van der Waals surface area (Å²) < 4.78 is 2.18. The Hall–Kier alpha value is -0.810. The van der Waals surface area contributed by atoms with Crippen LogP contribution < -0.4 is 5.56 Å². The highest BCUT2D eigenvalue weighted by atomic mass is 79.9. The van der Waals surface area contributed by atoms with Crippen molar-refractivity contribution in [2.75, 3.05) is 5.33 Å². The Morgan fingerprint density at radius 3 is 3.06 bits per heavy atom. The fourth-order valence-corrected chi connectivity index (χ4v) is 4.00. The molecule has 1 aromatic heterocycles. The predicted molar refractivity (Wildman–Crippen MR) is 74.7 cm³/mol. The summed E-state index contributed by atoms with van der Waals surface area (Å²) in [5.41, 5.74) is 0.862. The van der Waals surface area contributed by atoms with Gasteiger partial charge in [0.15, 0.2) is 0 Å². The van der Waals surface area contributed by atoms with Crippen LogP contribution in [0.4, 0.5) is 0 Å². The van der Waals surface area contributed by atoms with E-state index in [2.05, 4.69) is 32.4 Å². The molecule has 2 heterocycles. The normalized spacial score (nSPS) is 22.9. The van der Waals surface area contributed by atoms with E-state index in [0.29, 0.717) is 5.39 Å². The minimum Gasteiger partial charge on any atom is -0.312 e. The van der Waals surface area contributed by atoms with Crippen molar-refractivity contribution >= 4 is 38.6 Å². The summed E-state index contributed by atoms with van der Waals surface area (Å²) in [6.07, 6.45) is 0. The Kier molecular flexibility index (Phi) is 2.56.